The Labute approximate surface area is 40.3 Å². The Bertz CT molecular complexity index is 89.7. The van der Waals surface area contributed by atoms with Crippen LogP contribution in [0.4, 0.5) is 0 Å². The van der Waals surface area contributed by atoms with Crippen LogP contribution in [0.5, 0.6) is 0 Å². The lowest BCUT2D eigenvalue weighted by Crippen LogP contribution is -2.31. The number of nitrogens with one attached hydrogen (secondary N) is 2. The summed E-state index contributed by atoms with van der Waals surface area (Å²) in [6.45, 7) is 0. The Hall–Kier alpha value is -1.10. The number of guanidine groups is 1. The maximum absolute atomic E-state index is 8.18. The van der Waals surface area contributed by atoms with E-state index in [1.807, 2.05) is 0 Å². The molecule has 5 N–H and O–H groups in total. The van der Waals surface area contributed by atoms with Crippen LogP contribution in [0.1, 0.15) is 0 Å². The summed E-state index contributed by atoms with van der Waals surface area (Å²) in [6.07, 6.45) is 0.530. The Morgan fingerprint density at radius 1 is 1.86 bits per heavy atom. The minimum atomic E-state index is -0.560. The van der Waals surface area contributed by atoms with Crippen LogP contribution >= 0.6 is 0 Å². The van der Waals surface area contributed by atoms with Gasteiger partial charge < -0.3 is 5.73 Å². The van der Waals surface area contributed by atoms with E-state index in [4.69, 9.17) is 16.0 Å². The van der Waals surface area contributed by atoms with E-state index in [0.29, 0.717) is 6.34 Å². The van der Waals surface area contributed by atoms with Crippen molar-refractivity contribution in [3.05, 3.63) is 0 Å². The summed E-state index contributed by atoms with van der Waals surface area (Å²) in [4.78, 5) is 0. The molecule has 0 bridgehead atoms. The summed E-state index contributed by atoms with van der Waals surface area (Å²) in [5.74, 6) is -0.560. The molecule has 0 aromatic rings. The molecule has 0 aliphatic carbocycles. The molecule has 0 heterocycles. The van der Waals surface area contributed by atoms with Crippen molar-refractivity contribution < 1.29 is 5.21 Å². The summed E-state index contributed by atoms with van der Waals surface area (Å²) in [5.41, 5.74) is 4.65. The van der Waals surface area contributed by atoms with E-state index in [0.717, 1.165) is 0 Å². The molecule has 0 aromatic carbocycles. The van der Waals surface area contributed by atoms with Gasteiger partial charge in [0.25, 0.3) is 0 Å². The molecule has 5 nitrogen and oxygen atoms in total. The average molecular weight is 102 g/mol. The van der Waals surface area contributed by atoms with Gasteiger partial charge in [-0.3, -0.25) is 16.0 Å². The highest BCUT2D eigenvalue weighted by Crippen LogP contribution is 1.64. The lowest BCUT2D eigenvalue weighted by Gasteiger charge is -2.03. The number of hydroxylamine groups is 2. The van der Waals surface area contributed by atoms with E-state index < -0.39 is 5.96 Å². The quantitative estimate of drug-likeness (QED) is 0.198. The van der Waals surface area contributed by atoms with Crippen LogP contribution < -0.4 is 5.73 Å². The molecule has 0 unspecified atom stereocenters. The van der Waals surface area contributed by atoms with E-state index in [1.54, 1.807) is 0 Å². The van der Waals surface area contributed by atoms with Crippen LogP contribution in [0.15, 0.2) is 0 Å². The fraction of sp³-hybridized carbons (Fsp3) is 0. The van der Waals surface area contributed by atoms with Gasteiger partial charge in [0.1, 0.15) is 6.34 Å². The van der Waals surface area contributed by atoms with Gasteiger partial charge in [0.05, 0.1) is 0 Å². The third-order valence-electron chi connectivity index (χ3n) is 0.369. The normalized spacial score (nSPS) is 7.57. The lowest BCUT2D eigenvalue weighted by molar-refractivity contribution is 0.0662. The van der Waals surface area contributed by atoms with E-state index in [-0.39, 0.29) is 5.06 Å². The number of hydrogen-bond acceptors (Lipinski definition) is 3. The number of nitrogens with two attached hydrogens (primary N) is 1. The topological polar surface area (TPSA) is 97.2 Å². The first kappa shape index (κ1) is 5.90. The van der Waals surface area contributed by atoms with Gasteiger partial charge in [0, 0.05) is 0 Å². The number of nitrogens with zero attached hydrogens (tertiary/aromatic N) is 1. The molecule has 0 spiro atoms. The van der Waals surface area contributed by atoms with Crippen molar-refractivity contribution >= 4 is 12.3 Å². The molecule has 0 aliphatic rings. The number of rotatable bonds is 1. The fourth-order valence-corrected chi connectivity index (χ4v) is 0.0695. The Morgan fingerprint density at radius 2 is 2.29 bits per heavy atom. The predicted molar refractivity (Wildman–Crippen MR) is 24.3 cm³/mol. The maximum atomic E-state index is 8.18. The molecule has 0 aromatic heterocycles. The zero-order valence-corrected chi connectivity index (χ0v) is 3.55. The Kier molecular flexibility index (Phi) is 1.80. The van der Waals surface area contributed by atoms with Crippen LogP contribution in [0.3, 0.4) is 0 Å². The highest BCUT2D eigenvalue weighted by Gasteiger charge is 1.91. The van der Waals surface area contributed by atoms with Crippen molar-refractivity contribution in [3.8, 4) is 0 Å². The van der Waals surface area contributed by atoms with Gasteiger partial charge in [0.15, 0.2) is 0 Å². The monoisotopic (exact) mass is 102 g/mol. The zero-order chi connectivity index (χ0) is 5.86. The van der Waals surface area contributed by atoms with Crippen LogP contribution in [-0.2, 0) is 0 Å². The van der Waals surface area contributed by atoms with Crippen molar-refractivity contribution in [2.45, 2.75) is 0 Å². The van der Waals surface area contributed by atoms with Gasteiger partial charge in [-0.1, -0.05) is 0 Å². The molecule has 0 atom stereocenters. The summed E-state index contributed by atoms with van der Waals surface area (Å²) >= 11 is 0. The van der Waals surface area contributed by atoms with Gasteiger partial charge in [-0.15, -0.1) is 0 Å². The van der Waals surface area contributed by atoms with Crippen LogP contribution in [0, 0.1) is 10.8 Å². The summed E-state index contributed by atoms with van der Waals surface area (Å²) in [6, 6.07) is 0. The van der Waals surface area contributed by atoms with Gasteiger partial charge in [-0.2, -0.15) is 5.06 Å². The second-order valence-electron chi connectivity index (χ2n) is 0.859. The number of hydrogen-bond donors (Lipinski definition) is 4. The minimum Gasteiger partial charge on any atom is -0.368 e. The third-order valence-corrected chi connectivity index (χ3v) is 0.369. The summed E-state index contributed by atoms with van der Waals surface area (Å²) in [5, 5.41) is 21.0. The molecule has 0 saturated carbocycles. The fourth-order valence-electron chi connectivity index (χ4n) is 0.0695. The maximum Gasteiger partial charge on any atom is 0.218 e. The lowest BCUT2D eigenvalue weighted by atomic mass is 10.9. The minimum absolute atomic E-state index is 0.194. The molecule has 40 valence electrons. The molecule has 5 heteroatoms. The van der Waals surface area contributed by atoms with Crippen LogP contribution in [-0.4, -0.2) is 22.6 Å². The molecular weight excluding hydrogens is 96.0 g/mol. The standard InChI is InChI=1S/C2H6N4O/c3-1-6(7)2(4)5/h1,3,7H,(H3,4,5). The first-order chi connectivity index (χ1) is 3.18. The first-order valence-corrected chi connectivity index (χ1v) is 1.51. The summed E-state index contributed by atoms with van der Waals surface area (Å²) < 4.78 is 0. The van der Waals surface area contributed by atoms with Gasteiger partial charge in [-0.25, -0.2) is 0 Å². The van der Waals surface area contributed by atoms with Crippen molar-refractivity contribution in [2.24, 2.45) is 5.73 Å². The van der Waals surface area contributed by atoms with Crippen molar-refractivity contribution in [3.63, 3.8) is 0 Å². The molecule has 0 aliphatic heterocycles. The second-order valence-corrected chi connectivity index (χ2v) is 0.859. The van der Waals surface area contributed by atoms with E-state index >= 15 is 0 Å². The molecule has 0 radical (unpaired) electrons. The third kappa shape index (κ3) is 1.72. The van der Waals surface area contributed by atoms with Gasteiger partial charge >= 0.3 is 0 Å². The van der Waals surface area contributed by atoms with Crippen LogP contribution in [0.2, 0.25) is 0 Å². The highest BCUT2D eigenvalue weighted by molar-refractivity contribution is 5.83. The smallest absolute Gasteiger partial charge is 0.218 e. The highest BCUT2D eigenvalue weighted by atomic mass is 16.5. The van der Waals surface area contributed by atoms with E-state index in [1.165, 1.54) is 0 Å². The van der Waals surface area contributed by atoms with Crippen molar-refractivity contribution in [1.82, 2.24) is 5.06 Å². The molecular formula is C2H6N4O. The molecule has 0 saturated heterocycles. The van der Waals surface area contributed by atoms with E-state index in [9.17, 15) is 0 Å². The van der Waals surface area contributed by atoms with Crippen LogP contribution in [0.25, 0.3) is 0 Å². The van der Waals surface area contributed by atoms with Crippen molar-refractivity contribution in [1.29, 1.82) is 10.8 Å². The van der Waals surface area contributed by atoms with Gasteiger partial charge in [-0.05, 0) is 0 Å². The molecule has 0 fully saturated rings. The Morgan fingerprint density at radius 3 is 2.29 bits per heavy atom. The van der Waals surface area contributed by atoms with E-state index in [2.05, 4.69) is 5.73 Å². The Balaban J connectivity index is 3.55. The first-order valence-electron chi connectivity index (χ1n) is 1.51. The largest absolute Gasteiger partial charge is 0.368 e. The molecule has 0 rings (SSSR count). The predicted octanol–water partition coefficient (Wildman–Crippen LogP) is -0.822. The SMILES string of the molecule is N=CN(O)C(=N)N. The molecule has 7 heavy (non-hydrogen) atoms. The average Bonchev–Trinajstić information content (AvgIpc) is 1.65. The molecule has 0 amide bonds. The van der Waals surface area contributed by atoms with Crippen molar-refractivity contribution in [2.75, 3.05) is 0 Å². The summed E-state index contributed by atoms with van der Waals surface area (Å²) in [7, 11) is 0. The zero-order valence-electron chi connectivity index (χ0n) is 3.55. The van der Waals surface area contributed by atoms with Gasteiger partial charge in [0.2, 0.25) is 5.96 Å². The second kappa shape index (κ2) is 2.14.